The van der Waals surface area contributed by atoms with Gasteiger partial charge in [-0.15, -0.1) is 0 Å². The summed E-state index contributed by atoms with van der Waals surface area (Å²) in [6.45, 7) is 1.52. The van der Waals surface area contributed by atoms with E-state index < -0.39 is 29.2 Å². The van der Waals surface area contributed by atoms with Gasteiger partial charge in [0.25, 0.3) is 0 Å². The zero-order valence-electron chi connectivity index (χ0n) is 12.7. The van der Waals surface area contributed by atoms with Gasteiger partial charge < -0.3 is 15.2 Å². The number of hydrogen-bond donors (Lipinski definition) is 2. The van der Waals surface area contributed by atoms with Gasteiger partial charge in [-0.05, 0) is 24.6 Å². The second-order valence-electron chi connectivity index (χ2n) is 5.48. The quantitative estimate of drug-likeness (QED) is 0.802. The van der Waals surface area contributed by atoms with Crippen LogP contribution in [0.4, 0.5) is 13.2 Å². The van der Waals surface area contributed by atoms with Gasteiger partial charge >= 0.3 is 12.1 Å². The third-order valence-corrected chi connectivity index (χ3v) is 3.09. The molecule has 1 aromatic rings. The molecule has 0 aromatic heterocycles. The highest BCUT2D eigenvalue weighted by Gasteiger charge is 2.31. The van der Waals surface area contributed by atoms with Crippen LogP contribution in [0.2, 0.25) is 0 Å². The molecule has 1 aromatic carbocycles. The number of benzene rings is 1. The Kier molecular flexibility index (Phi) is 6.14. The Bertz CT molecular complexity index is 557. The van der Waals surface area contributed by atoms with Gasteiger partial charge in [0.1, 0.15) is 0 Å². The summed E-state index contributed by atoms with van der Waals surface area (Å²) in [5.41, 5.74) is -1.49. The lowest BCUT2D eigenvalue weighted by Crippen LogP contribution is -2.51. The van der Waals surface area contributed by atoms with Crippen molar-refractivity contribution in [2.45, 2.75) is 31.5 Å². The summed E-state index contributed by atoms with van der Waals surface area (Å²) in [6.07, 6.45) is -4.92. The molecule has 0 aliphatic rings. The van der Waals surface area contributed by atoms with Gasteiger partial charge in [-0.1, -0.05) is 12.1 Å². The minimum absolute atomic E-state index is 0.00193. The molecule has 0 bridgehead atoms. The fraction of sp³-hybridized carbons (Fsp3) is 0.467. The smallest absolute Gasteiger partial charge is 0.416 e. The number of aliphatic carboxylic acids is 1. The molecule has 0 radical (unpaired) electrons. The van der Waals surface area contributed by atoms with Crippen molar-refractivity contribution >= 4 is 11.9 Å². The third-order valence-electron chi connectivity index (χ3n) is 3.09. The van der Waals surface area contributed by atoms with Crippen LogP contribution in [0.15, 0.2) is 24.3 Å². The molecule has 1 atom stereocenters. The Hall–Kier alpha value is -2.09. The Morgan fingerprint density at radius 3 is 2.22 bits per heavy atom. The molecule has 0 fully saturated rings. The van der Waals surface area contributed by atoms with E-state index in [4.69, 9.17) is 9.84 Å². The van der Waals surface area contributed by atoms with E-state index in [0.717, 1.165) is 12.1 Å². The number of halogens is 3. The zero-order valence-corrected chi connectivity index (χ0v) is 12.7. The van der Waals surface area contributed by atoms with Gasteiger partial charge in [0.05, 0.1) is 30.6 Å². The van der Waals surface area contributed by atoms with E-state index in [1.54, 1.807) is 0 Å². The van der Waals surface area contributed by atoms with E-state index in [-0.39, 0.29) is 19.4 Å². The maximum absolute atomic E-state index is 12.5. The molecular formula is C15H18F3NO4. The number of carbonyl (C=O) groups is 2. The maximum Gasteiger partial charge on any atom is 0.416 e. The fourth-order valence-electron chi connectivity index (χ4n) is 2.16. The van der Waals surface area contributed by atoms with Gasteiger partial charge in [0.15, 0.2) is 0 Å². The molecular weight excluding hydrogens is 315 g/mol. The lowest BCUT2D eigenvalue weighted by molar-refractivity contribution is -0.140. The summed E-state index contributed by atoms with van der Waals surface area (Å²) in [5, 5.41) is 11.4. The average Bonchev–Trinajstić information content (AvgIpc) is 2.36. The van der Waals surface area contributed by atoms with Gasteiger partial charge in [-0.3, -0.25) is 9.59 Å². The number of methoxy groups -OCH3 is 1. The molecule has 0 saturated heterocycles. The van der Waals surface area contributed by atoms with Crippen molar-refractivity contribution in [1.29, 1.82) is 0 Å². The first-order chi connectivity index (χ1) is 10.6. The van der Waals surface area contributed by atoms with E-state index in [1.165, 1.54) is 26.2 Å². The Morgan fingerprint density at radius 1 is 1.22 bits per heavy atom. The fourth-order valence-corrected chi connectivity index (χ4v) is 2.16. The number of rotatable bonds is 7. The number of nitrogens with one attached hydrogen (secondary N) is 1. The predicted molar refractivity (Wildman–Crippen MR) is 75.8 cm³/mol. The van der Waals surface area contributed by atoms with Crippen molar-refractivity contribution in [3.05, 3.63) is 35.4 Å². The molecule has 0 saturated carbocycles. The molecule has 0 aliphatic carbocycles. The maximum atomic E-state index is 12.5. The number of ether oxygens (including phenoxy) is 1. The minimum Gasteiger partial charge on any atom is -0.481 e. The van der Waals surface area contributed by atoms with Gasteiger partial charge in [-0.2, -0.15) is 13.2 Å². The predicted octanol–water partition coefficient (Wildman–Crippen LogP) is 2.24. The monoisotopic (exact) mass is 333 g/mol. The van der Waals surface area contributed by atoms with Crippen LogP contribution < -0.4 is 5.32 Å². The standard InChI is InChI=1S/C15H18F3NO4/c1-14(9-23-2,8-13(21)22)19-12(20)7-10-3-5-11(6-4-10)15(16,17)18/h3-6H,7-9H2,1-2H3,(H,19,20)(H,21,22). The summed E-state index contributed by atoms with van der Waals surface area (Å²) in [7, 11) is 1.38. The van der Waals surface area contributed by atoms with Crippen molar-refractivity contribution in [2.24, 2.45) is 0 Å². The number of carbonyl (C=O) groups excluding carboxylic acids is 1. The van der Waals surface area contributed by atoms with Crippen molar-refractivity contribution in [3.63, 3.8) is 0 Å². The molecule has 1 amide bonds. The molecule has 0 aliphatic heterocycles. The van der Waals surface area contributed by atoms with E-state index in [9.17, 15) is 22.8 Å². The topological polar surface area (TPSA) is 75.6 Å². The molecule has 128 valence electrons. The largest absolute Gasteiger partial charge is 0.481 e. The summed E-state index contributed by atoms with van der Waals surface area (Å²) >= 11 is 0. The Labute approximate surface area is 131 Å². The minimum atomic E-state index is -4.43. The van der Waals surface area contributed by atoms with Crippen LogP contribution in [0.3, 0.4) is 0 Å². The third kappa shape index (κ3) is 6.27. The molecule has 0 heterocycles. The summed E-state index contributed by atoms with van der Waals surface area (Å²) in [4.78, 5) is 22.8. The van der Waals surface area contributed by atoms with Crippen LogP contribution in [0.25, 0.3) is 0 Å². The first-order valence-corrected chi connectivity index (χ1v) is 6.73. The first-order valence-electron chi connectivity index (χ1n) is 6.73. The van der Waals surface area contributed by atoms with Gasteiger partial charge in [-0.25, -0.2) is 0 Å². The van der Waals surface area contributed by atoms with Crippen LogP contribution in [-0.4, -0.2) is 36.2 Å². The number of alkyl halides is 3. The number of carboxylic acid groups (broad SMARTS) is 1. The van der Waals surface area contributed by atoms with Crippen LogP contribution in [-0.2, 0) is 26.9 Å². The lowest BCUT2D eigenvalue weighted by atomic mass is 9.98. The second-order valence-corrected chi connectivity index (χ2v) is 5.48. The van der Waals surface area contributed by atoms with Crippen molar-refractivity contribution in [2.75, 3.05) is 13.7 Å². The number of amides is 1. The van der Waals surface area contributed by atoms with Gasteiger partial charge in [0.2, 0.25) is 5.91 Å². The zero-order chi connectivity index (χ0) is 17.7. The van der Waals surface area contributed by atoms with E-state index in [2.05, 4.69) is 5.32 Å². The van der Waals surface area contributed by atoms with E-state index >= 15 is 0 Å². The molecule has 5 nitrogen and oxygen atoms in total. The van der Waals surface area contributed by atoms with E-state index in [1.807, 2.05) is 0 Å². The summed E-state index contributed by atoms with van der Waals surface area (Å²) in [6, 6.07) is 4.23. The average molecular weight is 333 g/mol. The molecule has 2 N–H and O–H groups in total. The van der Waals surface area contributed by atoms with Crippen LogP contribution >= 0.6 is 0 Å². The molecule has 8 heteroatoms. The van der Waals surface area contributed by atoms with E-state index in [0.29, 0.717) is 5.56 Å². The Morgan fingerprint density at radius 2 is 1.78 bits per heavy atom. The van der Waals surface area contributed by atoms with Crippen LogP contribution in [0.1, 0.15) is 24.5 Å². The summed E-state index contributed by atoms with van der Waals surface area (Å²) in [5.74, 6) is -1.59. The van der Waals surface area contributed by atoms with Crippen LogP contribution in [0.5, 0.6) is 0 Å². The normalized spacial score (nSPS) is 14.1. The number of carboxylic acids is 1. The molecule has 1 unspecified atom stereocenters. The Balaban J connectivity index is 2.73. The van der Waals surface area contributed by atoms with Crippen molar-refractivity contribution < 1.29 is 32.6 Å². The molecule has 1 rings (SSSR count). The highest BCUT2D eigenvalue weighted by atomic mass is 19.4. The molecule has 23 heavy (non-hydrogen) atoms. The van der Waals surface area contributed by atoms with Gasteiger partial charge in [0, 0.05) is 7.11 Å². The molecule has 0 spiro atoms. The highest BCUT2D eigenvalue weighted by molar-refractivity contribution is 5.80. The van der Waals surface area contributed by atoms with Crippen molar-refractivity contribution in [1.82, 2.24) is 5.32 Å². The SMILES string of the molecule is COCC(C)(CC(=O)O)NC(=O)Cc1ccc(C(F)(F)F)cc1. The first kappa shape index (κ1) is 19.0. The van der Waals surface area contributed by atoms with Crippen LogP contribution in [0, 0.1) is 0 Å². The second kappa shape index (κ2) is 7.45. The van der Waals surface area contributed by atoms with Crippen molar-refractivity contribution in [3.8, 4) is 0 Å². The lowest BCUT2D eigenvalue weighted by Gasteiger charge is -2.28. The summed E-state index contributed by atoms with van der Waals surface area (Å²) < 4.78 is 42.3. The number of hydrogen-bond acceptors (Lipinski definition) is 3. The highest BCUT2D eigenvalue weighted by Crippen LogP contribution is 2.29.